The number of hydrogen-bond donors (Lipinski definition) is 2. The molecule has 0 aromatic carbocycles. The molecule has 2 N–H and O–H groups in total. The van der Waals surface area contributed by atoms with Crippen LogP contribution in [-0.2, 0) is 9.53 Å². The molecule has 12 nitrogen and oxygen atoms in total. The molecule has 32 heavy (non-hydrogen) atoms. The summed E-state index contributed by atoms with van der Waals surface area (Å²) >= 11 is 0. The molecule has 2 atom stereocenters. The normalized spacial score (nSPS) is 15.7. The minimum Gasteiger partial charge on any atom is -0.444 e. The van der Waals surface area contributed by atoms with Crippen molar-refractivity contribution < 1.29 is 24.0 Å². The zero-order valence-corrected chi connectivity index (χ0v) is 19.0. The Labute approximate surface area is 186 Å². The second-order valence-corrected chi connectivity index (χ2v) is 8.54. The number of ether oxygens (including phenoxy) is 1. The van der Waals surface area contributed by atoms with Gasteiger partial charge in [-0.1, -0.05) is 20.3 Å². The molecule has 1 aliphatic heterocycles. The Hall–Kier alpha value is -3.44. The number of anilines is 1. The van der Waals surface area contributed by atoms with Crippen molar-refractivity contribution in [1.82, 2.24) is 20.3 Å². The maximum Gasteiger partial charge on any atom is 0.408 e. The third-order valence-corrected chi connectivity index (χ3v) is 4.87. The number of nitrogens with one attached hydrogen (secondary N) is 2. The maximum absolute atomic E-state index is 13.3. The summed E-state index contributed by atoms with van der Waals surface area (Å²) in [5.74, 6) is -0.503. The van der Waals surface area contributed by atoms with Gasteiger partial charge in [0.25, 0.3) is 11.6 Å². The molecule has 0 aliphatic carbocycles. The van der Waals surface area contributed by atoms with Gasteiger partial charge in [0, 0.05) is 19.2 Å². The van der Waals surface area contributed by atoms with Crippen LogP contribution in [0.4, 0.5) is 21.1 Å². The smallest absolute Gasteiger partial charge is 0.408 e. The van der Waals surface area contributed by atoms with E-state index in [0.717, 1.165) is 6.20 Å². The van der Waals surface area contributed by atoms with Gasteiger partial charge in [-0.05, 0) is 39.2 Å². The van der Waals surface area contributed by atoms with Crippen LogP contribution in [0.2, 0.25) is 0 Å². The molecule has 0 saturated carbocycles. The Morgan fingerprint density at radius 3 is 2.44 bits per heavy atom. The highest BCUT2D eigenvalue weighted by Gasteiger charge is 2.38. The Morgan fingerprint density at radius 1 is 1.25 bits per heavy atom. The zero-order valence-electron chi connectivity index (χ0n) is 19.0. The average molecular weight is 450 g/mol. The number of nitrogens with zero attached hydrogens (tertiary/aromatic N) is 4. The number of carbonyl (C=O) groups is 3. The minimum absolute atomic E-state index is 0.116. The van der Waals surface area contributed by atoms with Crippen molar-refractivity contribution in [1.29, 1.82) is 0 Å². The van der Waals surface area contributed by atoms with Gasteiger partial charge in [0.2, 0.25) is 0 Å². The molecular formula is C20H30N6O6. The third kappa shape index (κ3) is 6.53. The van der Waals surface area contributed by atoms with E-state index in [4.69, 9.17) is 4.74 Å². The summed E-state index contributed by atoms with van der Waals surface area (Å²) in [6.07, 6.45) is 1.51. The summed E-state index contributed by atoms with van der Waals surface area (Å²) in [4.78, 5) is 52.3. The van der Waals surface area contributed by atoms with Crippen molar-refractivity contribution in [3.63, 3.8) is 0 Å². The second-order valence-electron chi connectivity index (χ2n) is 8.54. The van der Waals surface area contributed by atoms with E-state index in [2.05, 4.69) is 15.6 Å². The van der Waals surface area contributed by atoms with E-state index in [0.29, 0.717) is 25.9 Å². The molecule has 0 unspecified atom stereocenters. The molecule has 2 heterocycles. The van der Waals surface area contributed by atoms with Crippen molar-refractivity contribution in [3.8, 4) is 0 Å². The van der Waals surface area contributed by atoms with E-state index in [9.17, 15) is 24.5 Å². The van der Waals surface area contributed by atoms with Crippen LogP contribution in [-0.4, -0.2) is 62.7 Å². The number of amides is 4. The van der Waals surface area contributed by atoms with Crippen LogP contribution < -0.4 is 10.6 Å². The van der Waals surface area contributed by atoms with Crippen molar-refractivity contribution in [3.05, 3.63) is 28.4 Å². The summed E-state index contributed by atoms with van der Waals surface area (Å²) < 4.78 is 5.29. The minimum atomic E-state index is -0.874. The highest BCUT2D eigenvalue weighted by atomic mass is 16.6. The van der Waals surface area contributed by atoms with Gasteiger partial charge in [-0.15, -0.1) is 0 Å². The predicted octanol–water partition coefficient (Wildman–Crippen LogP) is 2.91. The molecular weight excluding hydrogens is 420 g/mol. The number of carbonyl (C=O) groups excluding carboxylic acids is 3. The molecule has 12 heteroatoms. The number of aromatic nitrogens is 1. The first kappa shape index (κ1) is 24.8. The maximum atomic E-state index is 13.3. The lowest BCUT2D eigenvalue weighted by molar-refractivity contribution is -0.385. The van der Waals surface area contributed by atoms with Crippen LogP contribution in [0, 0.1) is 16.0 Å². The Balaban J connectivity index is 2.12. The number of hydrazine groups is 1. The fraction of sp³-hybridized carbons (Fsp3) is 0.600. The number of rotatable bonds is 6. The van der Waals surface area contributed by atoms with E-state index in [-0.39, 0.29) is 17.4 Å². The molecule has 1 aromatic rings. The summed E-state index contributed by atoms with van der Waals surface area (Å²) in [6.45, 7) is 9.52. The average Bonchev–Trinajstić information content (AvgIpc) is 3.20. The zero-order chi connectivity index (χ0) is 24.1. The van der Waals surface area contributed by atoms with Crippen LogP contribution >= 0.6 is 0 Å². The number of hydrogen-bond acceptors (Lipinski definition) is 7. The van der Waals surface area contributed by atoms with Crippen molar-refractivity contribution in [2.24, 2.45) is 5.92 Å². The molecule has 1 aromatic heterocycles. The van der Waals surface area contributed by atoms with Crippen LogP contribution in [0.3, 0.4) is 0 Å². The van der Waals surface area contributed by atoms with Crippen LogP contribution in [0.1, 0.15) is 47.5 Å². The highest BCUT2D eigenvalue weighted by molar-refractivity contribution is 5.92. The molecule has 0 bridgehead atoms. The summed E-state index contributed by atoms with van der Waals surface area (Å²) in [6, 6.07) is 1.06. The van der Waals surface area contributed by atoms with Gasteiger partial charge in [0.1, 0.15) is 23.7 Å². The lowest BCUT2D eigenvalue weighted by Crippen LogP contribution is -2.56. The van der Waals surface area contributed by atoms with Gasteiger partial charge in [-0.25, -0.2) is 24.6 Å². The van der Waals surface area contributed by atoms with Gasteiger partial charge < -0.3 is 10.1 Å². The Kier molecular flexibility index (Phi) is 7.95. The largest absolute Gasteiger partial charge is 0.444 e. The SMILES string of the molecule is CC[C@H](C)[C@H](NC(=O)OC(C)(C)C)C(=O)N1CCCN1C(=O)Nc1ccc([N+](=O)[O-])cn1. The first-order chi connectivity index (χ1) is 14.9. The fourth-order valence-electron chi connectivity index (χ4n) is 3.07. The molecule has 1 aliphatic rings. The first-order valence-corrected chi connectivity index (χ1v) is 10.4. The van der Waals surface area contributed by atoms with E-state index < -0.39 is 34.6 Å². The fourth-order valence-corrected chi connectivity index (χ4v) is 3.07. The molecule has 4 amide bonds. The number of urea groups is 1. The number of pyridine rings is 1. The quantitative estimate of drug-likeness (QED) is 0.500. The Morgan fingerprint density at radius 2 is 1.91 bits per heavy atom. The standard InChI is InChI=1S/C20H30N6O6/c1-6-13(2)16(23-19(29)32-20(3,4)5)17(27)24-10-7-11-25(24)18(28)22-15-9-8-14(12-21-15)26(30)31/h8-9,12-13,16H,6-7,10-11H2,1-5H3,(H,23,29)(H,21,22,28)/t13-,16-/m0/s1. The molecule has 1 saturated heterocycles. The van der Waals surface area contributed by atoms with Crippen molar-refractivity contribution in [2.45, 2.75) is 59.1 Å². The van der Waals surface area contributed by atoms with Crippen LogP contribution in [0.15, 0.2) is 18.3 Å². The van der Waals surface area contributed by atoms with Crippen LogP contribution in [0.25, 0.3) is 0 Å². The van der Waals surface area contributed by atoms with Gasteiger partial charge in [0.15, 0.2) is 0 Å². The van der Waals surface area contributed by atoms with Crippen LogP contribution in [0.5, 0.6) is 0 Å². The van der Waals surface area contributed by atoms with Gasteiger partial charge in [-0.3, -0.25) is 20.2 Å². The van der Waals surface area contributed by atoms with Gasteiger partial charge >= 0.3 is 12.1 Å². The van der Waals surface area contributed by atoms with Crippen molar-refractivity contribution >= 4 is 29.5 Å². The Bertz CT molecular complexity index is 853. The summed E-state index contributed by atoms with van der Waals surface area (Å²) in [7, 11) is 0. The van der Waals surface area contributed by atoms with E-state index in [1.165, 1.54) is 22.2 Å². The van der Waals surface area contributed by atoms with E-state index >= 15 is 0 Å². The molecule has 2 rings (SSSR count). The monoisotopic (exact) mass is 450 g/mol. The van der Waals surface area contributed by atoms with Crippen molar-refractivity contribution in [2.75, 3.05) is 18.4 Å². The second kappa shape index (κ2) is 10.2. The van der Waals surface area contributed by atoms with E-state index in [1.807, 2.05) is 13.8 Å². The molecule has 0 radical (unpaired) electrons. The molecule has 176 valence electrons. The summed E-state index contributed by atoms with van der Waals surface area (Å²) in [5, 5.41) is 18.5. The lowest BCUT2D eigenvalue weighted by Gasteiger charge is -2.33. The number of nitro groups is 1. The third-order valence-electron chi connectivity index (χ3n) is 4.87. The molecule has 0 spiro atoms. The van der Waals surface area contributed by atoms with Gasteiger partial charge in [-0.2, -0.15) is 0 Å². The van der Waals surface area contributed by atoms with Gasteiger partial charge in [0.05, 0.1) is 4.92 Å². The topological polar surface area (TPSA) is 147 Å². The highest BCUT2D eigenvalue weighted by Crippen LogP contribution is 2.20. The summed E-state index contributed by atoms with van der Waals surface area (Å²) in [5.41, 5.74) is -0.921. The van der Waals surface area contributed by atoms with E-state index in [1.54, 1.807) is 20.8 Å². The first-order valence-electron chi connectivity index (χ1n) is 10.4. The molecule has 1 fully saturated rings. The predicted molar refractivity (Wildman–Crippen MR) is 116 cm³/mol. The number of alkyl carbamates (subject to hydrolysis) is 1. The lowest BCUT2D eigenvalue weighted by atomic mass is 9.98.